The van der Waals surface area contributed by atoms with E-state index < -0.39 is 43.2 Å². The summed E-state index contributed by atoms with van der Waals surface area (Å²) in [6.45, 7) is 3.55. The van der Waals surface area contributed by atoms with Gasteiger partial charge in [-0.2, -0.15) is 0 Å². The molecule has 1 fully saturated rings. The summed E-state index contributed by atoms with van der Waals surface area (Å²) < 4.78 is 10.9. The lowest BCUT2D eigenvalue weighted by Crippen LogP contribution is -2.53. The summed E-state index contributed by atoms with van der Waals surface area (Å²) in [5.74, 6) is -1.74. The molecule has 2 heterocycles. The van der Waals surface area contributed by atoms with Crippen LogP contribution < -0.4 is 15.8 Å². The van der Waals surface area contributed by atoms with Crippen molar-refractivity contribution in [3.63, 3.8) is 0 Å². The zero-order valence-electron chi connectivity index (χ0n) is 20.9. The van der Waals surface area contributed by atoms with Crippen molar-refractivity contribution in [1.29, 1.82) is 0 Å². The van der Waals surface area contributed by atoms with Gasteiger partial charge in [0.15, 0.2) is 12.9 Å². The van der Waals surface area contributed by atoms with E-state index >= 15 is 0 Å². The molecular weight excluding hydrogens is 496 g/mol. The van der Waals surface area contributed by atoms with Crippen molar-refractivity contribution in [1.82, 2.24) is 9.80 Å². The largest absolute Gasteiger partial charge is 0.484 e. The Labute approximate surface area is 220 Å². The number of nitrogens with one attached hydrogen (secondary N) is 1. The maximum Gasteiger partial charge on any atom is 0.274 e. The summed E-state index contributed by atoms with van der Waals surface area (Å²) in [6, 6.07) is 12.9. The van der Waals surface area contributed by atoms with E-state index in [9.17, 15) is 19.5 Å². The molecule has 2 aromatic carbocycles. The molecule has 4 rings (SSSR count). The average molecular weight is 529 g/mol. The van der Waals surface area contributed by atoms with E-state index in [0.29, 0.717) is 30.2 Å². The number of hydrogen-bond acceptors (Lipinski definition) is 10. The second-order valence-corrected chi connectivity index (χ2v) is 10.4. The predicted molar refractivity (Wildman–Crippen MR) is 138 cm³/mol. The highest BCUT2D eigenvalue weighted by molar-refractivity contribution is 7.99. The number of anilines is 2. The van der Waals surface area contributed by atoms with Crippen LogP contribution in [0, 0.1) is 5.92 Å². The Kier molecular flexibility index (Phi) is 8.83. The lowest BCUT2D eigenvalue weighted by molar-refractivity contribution is -0.156. The quantitative estimate of drug-likeness (QED) is 0.379. The van der Waals surface area contributed by atoms with Gasteiger partial charge in [0.25, 0.3) is 5.91 Å². The molecule has 10 nitrogen and oxygen atoms in total. The summed E-state index contributed by atoms with van der Waals surface area (Å²) in [6.07, 6.45) is -0.495. The van der Waals surface area contributed by atoms with E-state index in [0.717, 1.165) is 21.2 Å². The van der Waals surface area contributed by atoms with Crippen LogP contribution in [0.15, 0.2) is 52.3 Å². The van der Waals surface area contributed by atoms with Gasteiger partial charge in [0.05, 0.1) is 37.1 Å². The highest BCUT2D eigenvalue weighted by atomic mass is 32.2. The molecule has 0 aromatic heterocycles. The molecule has 0 bridgehead atoms. The second kappa shape index (κ2) is 12.1. The number of aliphatic hydroxyl groups excluding tert-OH is 1. The van der Waals surface area contributed by atoms with E-state index in [1.807, 2.05) is 44.2 Å². The first kappa shape index (κ1) is 27.1. The monoisotopic (exact) mass is 528 g/mol. The summed E-state index contributed by atoms with van der Waals surface area (Å²) in [5, 5.41) is 13.5. The van der Waals surface area contributed by atoms with Gasteiger partial charge in [-0.25, -0.2) is 4.90 Å². The molecule has 2 atom stereocenters. The predicted octanol–water partition coefficient (Wildman–Crippen LogP) is 2.18. The fourth-order valence-corrected chi connectivity index (χ4v) is 5.35. The number of para-hydroxylation sites is 1. The Bertz CT molecular complexity index is 1160. The first-order valence-corrected chi connectivity index (χ1v) is 13.0. The molecule has 2 aliphatic rings. The Morgan fingerprint density at radius 1 is 1.14 bits per heavy atom. The number of rotatable bonds is 9. The fourth-order valence-electron chi connectivity index (χ4n) is 4.38. The lowest BCUT2D eigenvalue weighted by Gasteiger charge is -2.32. The van der Waals surface area contributed by atoms with E-state index in [-0.39, 0.29) is 12.5 Å². The number of aliphatic hydroxyl groups is 1. The lowest BCUT2D eigenvalue weighted by atomic mass is 10.1. The van der Waals surface area contributed by atoms with Crippen LogP contribution in [0.5, 0.6) is 5.75 Å². The molecule has 1 saturated heterocycles. The van der Waals surface area contributed by atoms with Crippen molar-refractivity contribution >= 4 is 40.9 Å². The van der Waals surface area contributed by atoms with Gasteiger partial charge in [0.2, 0.25) is 11.8 Å². The van der Waals surface area contributed by atoms with Crippen molar-refractivity contribution in [3.8, 4) is 5.75 Å². The maximum atomic E-state index is 13.2. The Morgan fingerprint density at radius 2 is 1.89 bits per heavy atom. The van der Waals surface area contributed by atoms with Crippen molar-refractivity contribution in [2.75, 3.05) is 38.2 Å². The van der Waals surface area contributed by atoms with Crippen molar-refractivity contribution in [3.05, 3.63) is 42.5 Å². The van der Waals surface area contributed by atoms with Gasteiger partial charge in [-0.3, -0.25) is 19.3 Å². The number of ether oxygens (including phenoxy) is 2. The third-order valence-corrected chi connectivity index (χ3v) is 7.20. The van der Waals surface area contributed by atoms with Crippen LogP contribution in [0.3, 0.4) is 0 Å². The first-order chi connectivity index (χ1) is 17.8. The number of imide groups is 3. The minimum absolute atomic E-state index is 0.182. The molecular formula is C26H32N4O6S. The Balaban J connectivity index is 1.42. The van der Waals surface area contributed by atoms with Gasteiger partial charge in [0.1, 0.15) is 5.75 Å². The number of carbonyl (C=O) groups excluding carboxylic acids is 3. The zero-order chi connectivity index (χ0) is 26.5. The molecule has 4 N–H and O–H groups in total. The molecule has 0 saturated carbocycles. The van der Waals surface area contributed by atoms with Crippen LogP contribution in [0.4, 0.5) is 11.4 Å². The number of hydrogen-bond donors (Lipinski definition) is 3. The molecule has 198 valence electrons. The molecule has 3 amide bonds. The van der Waals surface area contributed by atoms with Gasteiger partial charge < -0.3 is 25.6 Å². The summed E-state index contributed by atoms with van der Waals surface area (Å²) >= 11 is 1.62. The highest BCUT2D eigenvalue weighted by Crippen LogP contribution is 2.45. The second-order valence-electron chi connectivity index (χ2n) is 9.33. The molecule has 11 heteroatoms. The van der Waals surface area contributed by atoms with Gasteiger partial charge in [-0.1, -0.05) is 37.7 Å². The van der Waals surface area contributed by atoms with Crippen LogP contribution >= 0.6 is 11.8 Å². The van der Waals surface area contributed by atoms with Gasteiger partial charge >= 0.3 is 0 Å². The molecule has 0 aliphatic carbocycles. The smallest absolute Gasteiger partial charge is 0.274 e. The van der Waals surface area contributed by atoms with Gasteiger partial charge in [0, 0.05) is 22.4 Å². The number of carbonyl (C=O) groups is 3. The maximum absolute atomic E-state index is 13.2. The van der Waals surface area contributed by atoms with Crippen LogP contribution in [-0.4, -0.2) is 77.8 Å². The van der Waals surface area contributed by atoms with Crippen LogP contribution in [0.1, 0.15) is 20.3 Å². The summed E-state index contributed by atoms with van der Waals surface area (Å²) in [5.41, 5.74) is 7.31. The number of nitrogens with two attached hydrogens (primary N) is 1. The number of fused-ring (bicyclic) bond motifs is 2. The average Bonchev–Trinajstić information content (AvgIpc) is 3.31. The third kappa shape index (κ3) is 6.49. The standard InChI is InChI=1S/C26H32N4O6S/c1-16(2)13-29(20-9-10-35-26(20)34)14-24(32)30(23(31)12-27)25(33)15-36-17-7-8-22-19(11-17)28-18-5-3-4-6-21(18)37-22/h3-8,11,16,20,26,28,34H,9-10,12-15,27H2,1-2H3/t20-,26?/m0/s1. The van der Waals surface area contributed by atoms with Crippen molar-refractivity contribution in [2.24, 2.45) is 11.7 Å². The molecule has 2 aliphatic heterocycles. The number of benzene rings is 2. The first-order valence-electron chi connectivity index (χ1n) is 12.2. The van der Waals surface area contributed by atoms with Crippen molar-refractivity contribution < 1.29 is 29.0 Å². The topological polar surface area (TPSA) is 134 Å². The zero-order valence-corrected chi connectivity index (χ0v) is 21.7. The Morgan fingerprint density at radius 3 is 2.59 bits per heavy atom. The van der Waals surface area contributed by atoms with E-state index in [2.05, 4.69) is 5.32 Å². The number of amides is 3. The highest BCUT2D eigenvalue weighted by Gasteiger charge is 2.36. The van der Waals surface area contributed by atoms with E-state index in [1.165, 1.54) is 0 Å². The normalized spacial score (nSPS) is 18.2. The van der Waals surface area contributed by atoms with Crippen LogP contribution in [0.25, 0.3) is 0 Å². The fraction of sp³-hybridized carbons (Fsp3) is 0.423. The Hall–Kier alpha value is -2.96. The van der Waals surface area contributed by atoms with Gasteiger partial charge in [-0.05, 0) is 36.6 Å². The molecule has 0 spiro atoms. The summed E-state index contributed by atoms with van der Waals surface area (Å²) in [4.78, 5) is 43.1. The minimum atomic E-state index is -1.04. The van der Waals surface area contributed by atoms with Crippen LogP contribution in [0.2, 0.25) is 0 Å². The summed E-state index contributed by atoms with van der Waals surface area (Å²) in [7, 11) is 0. The molecule has 37 heavy (non-hydrogen) atoms. The van der Waals surface area contributed by atoms with E-state index in [1.54, 1.807) is 28.8 Å². The molecule has 1 unspecified atom stereocenters. The SMILES string of the molecule is CC(C)CN(CC(=O)N(C(=O)CN)C(=O)COc1ccc2c(c1)Nc1ccccc1S2)[C@H]1CCOC1O. The van der Waals surface area contributed by atoms with E-state index in [4.69, 9.17) is 15.2 Å². The molecule has 2 aromatic rings. The number of nitrogens with zero attached hydrogens (tertiary/aromatic N) is 2. The van der Waals surface area contributed by atoms with Crippen LogP contribution in [-0.2, 0) is 19.1 Å². The molecule has 0 radical (unpaired) electrons. The van der Waals surface area contributed by atoms with Crippen molar-refractivity contribution in [2.45, 2.75) is 42.4 Å². The third-order valence-electron chi connectivity index (χ3n) is 6.05. The minimum Gasteiger partial charge on any atom is -0.484 e. The van der Waals surface area contributed by atoms with Gasteiger partial charge in [-0.15, -0.1) is 0 Å².